The Morgan fingerprint density at radius 1 is 0.783 bits per heavy atom. The SMILES string of the molecule is CCCCCCCCC\C=C/C=C\C=C\C(=O)CC=CC(=O)O. The zero-order chi connectivity index (χ0) is 17.2. The monoisotopic (exact) mass is 318 g/mol. The fourth-order valence-corrected chi connectivity index (χ4v) is 2.03. The third-order valence-corrected chi connectivity index (χ3v) is 3.31. The van der Waals surface area contributed by atoms with Crippen molar-refractivity contribution in [2.45, 2.75) is 64.7 Å². The zero-order valence-corrected chi connectivity index (χ0v) is 14.2. The molecule has 0 unspecified atom stereocenters. The van der Waals surface area contributed by atoms with Crippen LogP contribution in [0.1, 0.15) is 64.7 Å². The molecule has 0 saturated carbocycles. The molecule has 0 aliphatic carbocycles. The van der Waals surface area contributed by atoms with Crippen LogP contribution in [0.3, 0.4) is 0 Å². The summed E-state index contributed by atoms with van der Waals surface area (Å²) in [5.74, 6) is -1.15. The molecule has 0 radical (unpaired) electrons. The highest BCUT2D eigenvalue weighted by Crippen LogP contribution is 2.08. The standard InChI is InChI=1S/C20H30O3/c1-2-3-4-5-6-7-8-9-10-11-12-13-14-16-19(21)17-15-18-20(22)23/h10-16,18H,2-9,17H2,1H3,(H,22,23)/b11-10-,13-12-,16-14+,18-15?. The van der Waals surface area contributed by atoms with E-state index in [9.17, 15) is 9.59 Å². The Morgan fingerprint density at radius 3 is 2.13 bits per heavy atom. The molecule has 0 heterocycles. The number of aliphatic carboxylic acids is 1. The molecule has 0 atom stereocenters. The fourth-order valence-electron chi connectivity index (χ4n) is 2.03. The van der Waals surface area contributed by atoms with Gasteiger partial charge >= 0.3 is 5.97 Å². The van der Waals surface area contributed by atoms with Crippen molar-refractivity contribution in [1.82, 2.24) is 0 Å². The molecule has 128 valence electrons. The third kappa shape index (κ3) is 18.1. The van der Waals surface area contributed by atoms with Crippen LogP contribution in [-0.2, 0) is 9.59 Å². The highest BCUT2D eigenvalue weighted by Gasteiger charge is 1.92. The molecule has 0 aromatic heterocycles. The van der Waals surface area contributed by atoms with E-state index in [2.05, 4.69) is 13.0 Å². The summed E-state index contributed by atoms with van der Waals surface area (Å²) in [6.07, 6.45) is 23.8. The number of hydrogen-bond donors (Lipinski definition) is 1. The normalized spacial score (nSPS) is 12.2. The van der Waals surface area contributed by atoms with Crippen molar-refractivity contribution < 1.29 is 14.7 Å². The van der Waals surface area contributed by atoms with E-state index in [-0.39, 0.29) is 12.2 Å². The lowest BCUT2D eigenvalue weighted by Crippen LogP contribution is -1.91. The summed E-state index contributed by atoms with van der Waals surface area (Å²) in [4.78, 5) is 21.6. The van der Waals surface area contributed by atoms with Crippen molar-refractivity contribution in [2.24, 2.45) is 0 Å². The van der Waals surface area contributed by atoms with Gasteiger partial charge in [-0.05, 0) is 18.9 Å². The molecule has 0 saturated heterocycles. The van der Waals surface area contributed by atoms with E-state index >= 15 is 0 Å². The number of carbonyl (C=O) groups is 2. The number of carbonyl (C=O) groups excluding carboxylic acids is 1. The third-order valence-electron chi connectivity index (χ3n) is 3.31. The molecule has 0 bridgehead atoms. The maximum Gasteiger partial charge on any atom is 0.327 e. The summed E-state index contributed by atoms with van der Waals surface area (Å²) in [7, 11) is 0. The van der Waals surface area contributed by atoms with E-state index in [1.807, 2.05) is 12.2 Å². The van der Waals surface area contributed by atoms with Gasteiger partial charge in [0.15, 0.2) is 5.78 Å². The van der Waals surface area contributed by atoms with E-state index in [0.29, 0.717) is 0 Å². The molecule has 0 aliphatic heterocycles. The van der Waals surface area contributed by atoms with Crippen LogP contribution < -0.4 is 0 Å². The van der Waals surface area contributed by atoms with Gasteiger partial charge in [-0.1, -0.05) is 81.9 Å². The molecule has 23 heavy (non-hydrogen) atoms. The van der Waals surface area contributed by atoms with Crippen molar-refractivity contribution in [1.29, 1.82) is 0 Å². The molecule has 3 nitrogen and oxygen atoms in total. The van der Waals surface area contributed by atoms with Crippen molar-refractivity contribution >= 4 is 11.8 Å². The number of allylic oxidation sites excluding steroid dienone is 7. The lowest BCUT2D eigenvalue weighted by atomic mass is 10.1. The van der Waals surface area contributed by atoms with Crippen LogP contribution >= 0.6 is 0 Å². The minimum atomic E-state index is -1.03. The van der Waals surface area contributed by atoms with Crippen molar-refractivity contribution in [2.75, 3.05) is 0 Å². The minimum absolute atomic E-state index is 0.112. The van der Waals surface area contributed by atoms with Gasteiger partial charge in [-0.3, -0.25) is 4.79 Å². The Hall–Kier alpha value is -1.90. The Kier molecular flexibility index (Phi) is 15.1. The van der Waals surface area contributed by atoms with Gasteiger partial charge in [-0.2, -0.15) is 0 Å². The van der Waals surface area contributed by atoms with E-state index in [0.717, 1.165) is 12.5 Å². The predicted molar refractivity (Wildman–Crippen MR) is 96.4 cm³/mol. The Morgan fingerprint density at radius 2 is 1.43 bits per heavy atom. The molecule has 0 spiro atoms. The van der Waals surface area contributed by atoms with Crippen LogP contribution in [0.4, 0.5) is 0 Å². The first kappa shape index (κ1) is 21.1. The van der Waals surface area contributed by atoms with Crippen molar-refractivity contribution in [3.05, 3.63) is 48.6 Å². The Balaban J connectivity index is 3.59. The number of carboxylic acids is 1. The summed E-state index contributed by atoms with van der Waals surface area (Å²) >= 11 is 0. The number of ketones is 1. The second-order valence-corrected chi connectivity index (χ2v) is 5.49. The lowest BCUT2D eigenvalue weighted by Gasteiger charge is -1.98. The van der Waals surface area contributed by atoms with Crippen LogP contribution in [0.5, 0.6) is 0 Å². The van der Waals surface area contributed by atoms with E-state index < -0.39 is 5.97 Å². The number of hydrogen-bond acceptors (Lipinski definition) is 2. The average molecular weight is 318 g/mol. The first-order chi connectivity index (χ1) is 11.2. The van der Waals surface area contributed by atoms with Gasteiger partial charge in [-0.15, -0.1) is 0 Å². The maximum atomic E-state index is 11.3. The summed E-state index contributed by atoms with van der Waals surface area (Å²) in [5, 5.41) is 8.39. The van der Waals surface area contributed by atoms with Crippen LogP contribution in [-0.4, -0.2) is 16.9 Å². The van der Waals surface area contributed by atoms with Crippen LogP contribution in [0, 0.1) is 0 Å². The molecule has 0 aromatic rings. The van der Waals surface area contributed by atoms with Crippen LogP contribution in [0.2, 0.25) is 0 Å². The molecule has 0 aromatic carbocycles. The first-order valence-electron chi connectivity index (χ1n) is 8.59. The summed E-state index contributed by atoms with van der Waals surface area (Å²) in [6, 6.07) is 0. The van der Waals surface area contributed by atoms with Gasteiger partial charge < -0.3 is 5.11 Å². The molecule has 3 heteroatoms. The van der Waals surface area contributed by atoms with Crippen molar-refractivity contribution in [3.8, 4) is 0 Å². The maximum absolute atomic E-state index is 11.3. The summed E-state index contributed by atoms with van der Waals surface area (Å²) in [6.45, 7) is 2.24. The average Bonchev–Trinajstić information content (AvgIpc) is 2.51. The topological polar surface area (TPSA) is 54.4 Å². The zero-order valence-electron chi connectivity index (χ0n) is 14.2. The predicted octanol–water partition coefficient (Wildman–Crippen LogP) is 5.40. The molecule has 0 rings (SSSR count). The van der Waals surface area contributed by atoms with Gasteiger partial charge in [0.05, 0.1) is 0 Å². The second-order valence-electron chi connectivity index (χ2n) is 5.49. The molecular weight excluding hydrogens is 288 g/mol. The van der Waals surface area contributed by atoms with Gasteiger partial charge in [0, 0.05) is 12.5 Å². The summed E-state index contributed by atoms with van der Waals surface area (Å²) < 4.78 is 0. The van der Waals surface area contributed by atoms with E-state index in [4.69, 9.17) is 5.11 Å². The summed E-state index contributed by atoms with van der Waals surface area (Å²) in [5.41, 5.74) is 0. The number of unbranched alkanes of at least 4 members (excludes halogenated alkanes) is 7. The lowest BCUT2D eigenvalue weighted by molar-refractivity contribution is -0.131. The highest BCUT2D eigenvalue weighted by molar-refractivity contribution is 5.91. The minimum Gasteiger partial charge on any atom is -0.478 e. The smallest absolute Gasteiger partial charge is 0.327 e. The van der Waals surface area contributed by atoms with E-state index in [1.54, 1.807) is 12.2 Å². The second kappa shape index (κ2) is 16.5. The largest absolute Gasteiger partial charge is 0.478 e. The van der Waals surface area contributed by atoms with Crippen LogP contribution in [0.25, 0.3) is 0 Å². The molecule has 0 fully saturated rings. The Labute approximate surface area is 140 Å². The van der Waals surface area contributed by atoms with E-state index in [1.165, 1.54) is 57.1 Å². The molecule has 1 N–H and O–H groups in total. The van der Waals surface area contributed by atoms with Crippen LogP contribution in [0.15, 0.2) is 48.6 Å². The van der Waals surface area contributed by atoms with Gasteiger partial charge in [0.25, 0.3) is 0 Å². The Bertz CT molecular complexity index is 428. The quantitative estimate of drug-likeness (QED) is 0.265. The molecule has 0 amide bonds. The number of rotatable bonds is 14. The van der Waals surface area contributed by atoms with Gasteiger partial charge in [-0.25, -0.2) is 4.79 Å². The molecule has 0 aliphatic rings. The van der Waals surface area contributed by atoms with Crippen molar-refractivity contribution in [3.63, 3.8) is 0 Å². The molecular formula is C20H30O3. The fraction of sp³-hybridized carbons (Fsp3) is 0.500. The van der Waals surface area contributed by atoms with Gasteiger partial charge in [0.2, 0.25) is 0 Å². The highest BCUT2D eigenvalue weighted by atomic mass is 16.4. The van der Waals surface area contributed by atoms with Gasteiger partial charge in [0.1, 0.15) is 0 Å². The first-order valence-corrected chi connectivity index (χ1v) is 8.59. The number of carboxylic acid groups (broad SMARTS) is 1.